The fraction of sp³-hybridized carbons (Fsp3) is 0.556. The molecule has 0 aromatic heterocycles. The summed E-state index contributed by atoms with van der Waals surface area (Å²) in [6.45, 7) is 3.68. The van der Waals surface area contributed by atoms with Gasteiger partial charge in [-0.2, -0.15) is 0 Å². The maximum atomic E-state index is 11.5. The molecule has 70 valence electrons. The van der Waals surface area contributed by atoms with Crippen LogP contribution in [0.5, 0.6) is 0 Å². The first-order valence-electron chi connectivity index (χ1n) is 4.06. The van der Waals surface area contributed by atoms with E-state index >= 15 is 0 Å². The molecule has 0 aromatic carbocycles. The van der Waals surface area contributed by atoms with Gasteiger partial charge in [-0.3, -0.25) is 14.5 Å². The van der Waals surface area contributed by atoms with E-state index in [0.717, 1.165) is 6.42 Å². The van der Waals surface area contributed by atoms with Crippen molar-refractivity contribution in [3.63, 3.8) is 0 Å². The Labute approximate surface area is 85.6 Å². The lowest BCUT2D eigenvalue weighted by Gasteiger charge is -2.15. The van der Waals surface area contributed by atoms with Crippen molar-refractivity contribution >= 4 is 27.7 Å². The van der Waals surface area contributed by atoms with Gasteiger partial charge in [0.1, 0.15) is 0 Å². The summed E-state index contributed by atoms with van der Waals surface area (Å²) < 4.78 is 0. The van der Waals surface area contributed by atoms with Crippen molar-refractivity contribution in [2.45, 2.75) is 26.3 Å². The molecule has 1 heterocycles. The molecule has 1 aliphatic rings. The third-order valence-corrected chi connectivity index (χ3v) is 2.37. The highest BCUT2D eigenvalue weighted by Crippen LogP contribution is 2.23. The molecule has 1 aliphatic heterocycles. The van der Waals surface area contributed by atoms with E-state index in [1.54, 1.807) is 0 Å². The van der Waals surface area contributed by atoms with Gasteiger partial charge in [0.15, 0.2) is 0 Å². The van der Waals surface area contributed by atoms with Gasteiger partial charge in [-0.15, -0.1) is 0 Å². The van der Waals surface area contributed by atoms with Crippen molar-refractivity contribution in [2.75, 3.05) is 0 Å². The van der Waals surface area contributed by atoms with Crippen LogP contribution in [0.1, 0.15) is 20.3 Å². The van der Waals surface area contributed by atoms with E-state index in [0.29, 0.717) is 0 Å². The van der Waals surface area contributed by atoms with Crippen LogP contribution >= 0.6 is 15.9 Å². The first-order chi connectivity index (χ1) is 6.07. The average Bonchev–Trinajstić information content (AvgIpc) is 2.27. The molecule has 0 spiro atoms. The van der Waals surface area contributed by atoms with Gasteiger partial charge < -0.3 is 0 Å². The van der Waals surface area contributed by atoms with Gasteiger partial charge in [0.25, 0.3) is 0 Å². The molecular weight excluding hydrogens is 234 g/mol. The van der Waals surface area contributed by atoms with Crippen molar-refractivity contribution in [2.24, 2.45) is 5.92 Å². The highest BCUT2D eigenvalue weighted by atomic mass is 79.9. The number of halogens is 1. The van der Waals surface area contributed by atoms with Crippen LogP contribution in [-0.2, 0) is 9.59 Å². The van der Waals surface area contributed by atoms with E-state index in [1.165, 1.54) is 4.90 Å². The lowest BCUT2D eigenvalue weighted by Crippen LogP contribution is -2.36. The third-order valence-electron chi connectivity index (χ3n) is 2.17. The summed E-state index contributed by atoms with van der Waals surface area (Å²) in [6, 6.07) is -0.0247. The smallest absolute Gasteiger partial charge is 0.274 e. The Morgan fingerprint density at radius 3 is 2.62 bits per heavy atom. The maximum Gasteiger partial charge on any atom is 0.306 e. The number of hydrogen-bond acceptors (Lipinski definition) is 2. The zero-order valence-electron chi connectivity index (χ0n) is 7.50. The van der Waals surface area contributed by atoms with Gasteiger partial charge in [0.05, 0.1) is 0 Å². The molecule has 0 aliphatic carbocycles. The van der Waals surface area contributed by atoms with Crippen LogP contribution in [0, 0.1) is 16.7 Å². The Morgan fingerprint density at radius 1 is 1.62 bits per heavy atom. The van der Waals surface area contributed by atoms with Crippen molar-refractivity contribution in [1.82, 2.24) is 4.90 Å². The predicted molar refractivity (Wildman–Crippen MR) is 51.8 cm³/mol. The number of imide groups is 1. The van der Waals surface area contributed by atoms with Crippen LogP contribution in [0.3, 0.4) is 0 Å². The summed E-state index contributed by atoms with van der Waals surface area (Å²) in [4.78, 5) is 26.3. The van der Waals surface area contributed by atoms with Crippen LogP contribution in [-0.4, -0.2) is 22.8 Å². The molecule has 2 amide bonds. The van der Waals surface area contributed by atoms with Crippen LogP contribution in [0.25, 0.3) is 0 Å². The zero-order valence-corrected chi connectivity index (χ0v) is 9.09. The van der Waals surface area contributed by atoms with Crippen LogP contribution < -0.4 is 0 Å². The summed E-state index contributed by atoms with van der Waals surface area (Å²) in [6.07, 6.45) is 0.731. The van der Waals surface area contributed by atoms with Gasteiger partial charge in [0, 0.05) is 33.8 Å². The molecule has 13 heavy (non-hydrogen) atoms. The summed E-state index contributed by atoms with van der Waals surface area (Å²) in [5.41, 5.74) is 0. The fourth-order valence-electron chi connectivity index (χ4n) is 1.57. The van der Waals surface area contributed by atoms with E-state index in [9.17, 15) is 9.59 Å². The molecule has 0 saturated carbocycles. The average molecular weight is 244 g/mol. The topological polar surface area (TPSA) is 37.4 Å². The van der Waals surface area contributed by atoms with Gasteiger partial charge >= 0.3 is 5.91 Å². The predicted octanol–water partition coefficient (Wildman–Crippen LogP) is 1.13. The van der Waals surface area contributed by atoms with Gasteiger partial charge in [-0.1, -0.05) is 6.92 Å². The second-order valence-electron chi connectivity index (χ2n) is 3.22. The SMILES string of the molecule is CC1CC(C)N(C(=O)C#CBr)C1=O. The second kappa shape index (κ2) is 3.93. The number of rotatable bonds is 0. The standard InChI is InChI=1S/C9H10BrNO2/c1-6-5-7(2)11(9(6)13)8(12)3-4-10/h6-7H,5H2,1-2H3. The lowest BCUT2D eigenvalue weighted by molar-refractivity contribution is -0.141. The van der Waals surface area contributed by atoms with E-state index in [2.05, 4.69) is 26.7 Å². The molecule has 0 aromatic rings. The van der Waals surface area contributed by atoms with E-state index in [-0.39, 0.29) is 17.9 Å². The second-order valence-corrected chi connectivity index (χ2v) is 3.62. The molecule has 1 fully saturated rings. The number of amides is 2. The number of carbonyl (C=O) groups excluding carboxylic acids is 2. The van der Waals surface area contributed by atoms with Crippen LogP contribution in [0.2, 0.25) is 0 Å². The highest BCUT2D eigenvalue weighted by molar-refractivity contribution is 9.12. The fourth-order valence-corrected chi connectivity index (χ4v) is 1.74. The molecule has 0 radical (unpaired) electrons. The van der Waals surface area contributed by atoms with E-state index in [1.807, 2.05) is 13.8 Å². The quantitative estimate of drug-likeness (QED) is 0.599. The zero-order chi connectivity index (χ0) is 10.0. The number of hydrogen-bond donors (Lipinski definition) is 0. The van der Waals surface area contributed by atoms with Gasteiger partial charge in [-0.05, 0) is 18.2 Å². The molecule has 1 saturated heterocycles. The minimum Gasteiger partial charge on any atom is -0.274 e. The first-order valence-corrected chi connectivity index (χ1v) is 4.86. The minimum absolute atomic E-state index is 0.0247. The largest absolute Gasteiger partial charge is 0.306 e. The molecule has 0 N–H and O–H groups in total. The van der Waals surface area contributed by atoms with Crippen LogP contribution in [0.4, 0.5) is 0 Å². The Bertz CT molecular complexity index is 302. The molecule has 2 atom stereocenters. The molecule has 4 heteroatoms. The van der Waals surface area contributed by atoms with Gasteiger partial charge in [0.2, 0.25) is 5.91 Å². The molecular formula is C9H10BrNO2. The summed E-state index contributed by atoms with van der Waals surface area (Å²) >= 11 is 2.83. The van der Waals surface area contributed by atoms with Crippen molar-refractivity contribution in [3.05, 3.63) is 0 Å². The van der Waals surface area contributed by atoms with Crippen molar-refractivity contribution < 1.29 is 9.59 Å². The number of carbonyl (C=O) groups is 2. The molecule has 1 rings (SSSR count). The Morgan fingerprint density at radius 2 is 2.23 bits per heavy atom. The van der Waals surface area contributed by atoms with Gasteiger partial charge in [-0.25, -0.2) is 0 Å². The van der Waals surface area contributed by atoms with E-state index in [4.69, 9.17) is 0 Å². The summed E-state index contributed by atoms with van der Waals surface area (Å²) in [7, 11) is 0. The minimum atomic E-state index is -0.418. The van der Waals surface area contributed by atoms with Crippen molar-refractivity contribution in [1.29, 1.82) is 0 Å². The molecule has 3 nitrogen and oxygen atoms in total. The number of nitrogens with zero attached hydrogens (tertiary/aromatic N) is 1. The summed E-state index contributed by atoms with van der Waals surface area (Å²) in [5, 5.41) is 0. The Kier molecular flexibility index (Phi) is 3.10. The van der Waals surface area contributed by atoms with E-state index < -0.39 is 5.91 Å². The third kappa shape index (κ3) is 1.92. The monoisotopic (exact) mass is 243 g/mol. The normalized spacial score (nSPS) is 27.0. The Balaban J connectivity index is 2.84. The first kappa shape index (κ1) is 10.3. The lowest BCUT2D eigenvalue weighted by atomic mass is 10.1. The molecule has 0 bridgehead atoms. The Hall–Kier alpha value is -0.820. The summed E-state index contributed by atoms with van der Waals surface area (Å²) in [5.74, 6) is 1.71. The molecule has 2 unspecified atom stereocenters. The van der Waals surface area contributed by atoms with Crippen LogP contribution in [0.15, 0.2) is 0 Å². The highest BCUT2D eigenvalue weighted by Gasteiger charge is 2.37. The number of likely N-dealkylation sites (tertiary alicyclic amines) is 1. The van der Waals surface area contributed by atoms with Crippen molar-refractivity contribution in [3.8, 4) is 10.8 Å². The maximum absolute atomic E-state index is 11.5.